The van der Waals surface area contributed by atoms with Crippen LogP contribution in [-0.2, 0) is 11.0 Å². The SMILES string of the molecule is Cl.O=C(O)[C@@H]1CNC[C@H]1c1cccc(C(F)(F)F)c1. The summed E-state index contributed by atoms with van der Waals surface area (Å²) in [5.41, 5.74) is -0.321. The van der Waals surface area contributed by atoms with Crippen molar-refractivity contribution in [1.29, 1.82) is 0 Å². The van der Waals surface area contributed by atoms with Crippen LogP contribution in [0.1, 0.15) is 17.0 Å². The topological polar surface area (TPSA) is 49.3 Å². The van der Waals surface area contributed by atoms with E-state index < -0.39 is 29.5 Å². The van der Waals surface area contributed by atoms with Crippen molar-refractivity contribution in [2.24, 2.45) is 5.92 Å². The van der Waals surface area contributed by atoms with Gasteiger partial charge in [-0.3, -0.25) is 4.79 Å². The third-order valence-corrected chi connectivity index (χ3v) is 3.17. The molecule has 0 bridgehead atoms. The minimum Gasteiger partial charge on any atom is -0.481 e. The number of nitrogens with one attached hydrogen (secondary N) is 1. The molecule has 1 aliphatic heterocycles. The largest absolute Gasteiger partial charge is 0.481 e. The summed E-state index contributed by atoms with van der Waals surface area (Å²) in [7, 11) is 0. The Bertz CT molecular complexity index is 465. The zero-order chi connectivity index (χ0) is 13.3. The molecule has 106 valence electrons. The Kier molecular flexibility index (Phi) is 4.81. The molecule has 0 saturated carbocycles. The van der Waals surface area contributed by atoms with Crippen molar-refractivity contribution < 1.29 is 23.1 Å². The van der Waals surface area contributed by atoms with Gasteiger partial charge in [0.1, 0.15) is 0 Å². The Morgan fingerprint density at radius 2 is 2.00 bits per heavy atom. The molecular formula is C12H13ClF3NO2. The van der Waals surface area contributed by atoms with Crippen LogP contribution in [0.15, 0.2) is 24.3 Å². The Hall–Kier alpha value is -1.27. The summed E-state index contributed by atoms with van der Waals surface area (Å²) in [6, 6.07) is 4.88. The summed E-state index contributed by atoms with van der Waals surface area (Å²) in [5, 5.41) is 11.9. The van der Waals surface area contributed by atoms with Gasteiger partial charge >= 0.3 is 12.1 Å². The third-order valence-electron chi connectivity index (χ3n) is 3.17. The first kappa shape index (κ1) is 15.8. The number of hydrogen-bond acceptors (Lipinski definition) is 2. The molecule has 0 spiro atoms. The van der Waals surface area contributed by atoms with Gasteiger partial charge in [0.25, 0.3) is 0 Å². The number of alkyl halides is 3. The lowest BCUT2D eigenvalue weighted by atomic mass is 9.88. The smallest absolute Gasteiger partial charge is 0.416 e. The lowest BCUT2D eigenvalue weighted by molar-refractivity contribution is -0.141. The van der Waals surface area contributed by atoms with E-state index in [-0.39, 0.29) is 19.0 Å². The van der Waals surface area contributed by atoms with Crippen LogP contribution in [0.4, 0.5) is 13.2 Å². The van der Waals surface area contributed by atoms with Crippen LogP contribution in [0.5, 0.6) is 0 Å². The molecular weight excluding hydrogens is 283 g/mol. The van der Waals surface area contributed by atoms with Crippen LogP contribution >= 0.6 is 12.4 Å². The second-order valence-corrected chi connectivity index (χ2v) is 4.33. The molecule has 1 aromatic rings. The molecule has 1 saturated heterocycles. The number of hydrogen-bond donors (Lipinski definition) is 2. The van der Waals surface area contributed by atoms with Crippen LogP contribution in [0.2, 0.25) is 0 Å². The number of benzene rings is 1. The summed E-state index contributed by atoms with van der Waals surface area (Å²) in [5.74, 6) is -2.07. The first-order valence-electron chi connectivity index (χ1n) is 5.50. The molecule has 1 aromatic carbocycles. The molecule has 2 rings (SSSR count). The van der Waals surface area contributed by atoms with E-state index in [0.29, 0.717) is 12.1 Å². The lowest BCUT2D eigenvalue weighted by Gasteiger charge is -2.16. The highest BCUT2D eigenvalue weighted by molar-refractivity contribution is 5.85. The number of halogens is 4. The second-order valence-electron chi connectivity index (χ2n) is 4.33. The maximum absolute atomic E-state index is 12.6. The fourth-order valence-electron chi connectivity index (χ4n) is 2.23. The number of rotatable bonds is 2. The molecule has 2 atom stereocenters. The summed E-state index contributed by atoms with van der Waals surface area (Å²) < 4.78 is 37.7. The van der Waals surface area contributed by atoms with Crippen molar-refractivity contribution in [2.75, 3.05) is 13.1 Å². The van der Waals surface area contributed by atoms with E-state index in [1.165, 1.54) is 6.07 Å². The molecule has 1 heterocycles. The molecule has 0 aliphatic carbocycles. The van der Waals surface area contributed by atoms with Gasteiger partial charge in [0, 0.05) is 19.0 Å². The molecule has 2 N–H and O–H groups in total. The molecule has 7 heteroatoms. The maximum atomic E-state index is 12.6. The highest BCUT2D eigenvalue weighted by Gasteiger charge is 2.36. The Labute approximate surface area is 114 Å². The Morgan fingerprint density at radius 1 is 1.32 bits per heavy atom. The number of carboxylic acids is 1. The summed E-state index contributed by atoms with van der Waals surface area (Å²) >= 11 is 0. The molecule has 3 nitrogen and oxygen atoms in total. The molecule has 19 heavy (non-hydrogen) atoms. The minimum atomic E-state index is -4.40. The highest BCUT2D eigenvalue weighted by Crippen LogP contribution is 2.34. The zero-order valence-electron chi connectivity index (χ0n) is 9.78. The van der Waals surface area contributed by atoms with Gasteiger partial charge in [0.2, 0.25) is 0 Å². The van der Waals surface area contributed by atoms with E-state index >= 15 is 0 Å². The van der Waals surface area contributed by atoms with E-state index in [4.69, 9.17) is 5.11 Å². The third kappa shape index (κ3) is 3.39. The molecule has 0 aromatic heterocycles. The van der Waals surface area contributed by atoms with E-state index in [9.17, 15) is 18.0 Å². The first-order chi connectivity index (χ1) is 8.39. The van der Waals surface area contributed by atoms with Crippen LogP contribution in [-0.4, -0.2) is 24.2 Å². The molecule has 0 amide bonds. The van der Waals surface area contributed by atoms with Gasteiger partial charge in [-0.25, -0.2) is 0 Å². The summed E-state index contributed by atoms with van der Waals surface area (Å²) in [6.07, 6.45) is -4.40. The zero-order valence-corrected chi connectivity index (χ0v) is 10.6. The van der Waals surface area contributed by atoms with Crippen molar-refractivity contribution in [3.63, 3.8) is 0 Å². The van der Waals surface area contributed by atoms with Crippen molar-refractivity contribution in [3.8, 4) is 0 Å². The van der Waals surface area contributed by atoms with Gasteiger partial charge in [-0.05, 0) is 11.6 Å². The van der Waals surface area contributed by atoms with Gasteiger partial charge in [-0.15, -0.1) is 12.4 Å². The normalized spacial score (nSPS) is 22.9. The minimum absolute atomic E-state index is 0. The Morgan fingerprint density at radius 3 is 2.58 bits per heavy atom. The Balaban J connectivity index is 0.00000180. The maximum Gasteiger partial charge on any atom is 0.416 e. The van der Waals surface area contributed by atoms with Crippen LogP contribution in [0, 0.1) is 5.92 Å². The van der Waals surface area contributed by atoms with Crippen molar-refractivity contribution in [1.82, 2.24) is 5.32 Å². The van der Waals surface area contributed by atoms with Crippen LogP contribution in [0.25, 0.3) is 0 Å². The predicted molar refractivity (Wildman–Crippen MR) is 65.4 cm³/mol. The van der Waals surface area contributed by atoms with Gasteiger partial charge in [0.05, 0.1) is 11.5 Å². The monoisotopic (exact) mass is 295 g/mol. The number of carbonyl (C=O) groups is 1. The first-order valence-corrected chi connectivity index (χ1v) is 5.50. The fourth-order valence-corrected chi connectivity index (χ4v) is 2.23. The van der Waals surface area contributed by atoms with E-state index in [0.717, 1.165) is 12.1 Å². The van der Waals surface area contributed by atoms with E-state index in [1.54, 1.807) is 6.07 Å². The lowest BCUT2D eigenvalue weighted by Crippen LogP contribution is -2.21. The quantitative estimate of drug-likeness (QED) is 0.881. The summed E-state index contributed by atoms with van der Waals surface area (Å²) in [4.78, 5) is 11.0. The van der Waals surface area contributed by atoms with Gasteiger partial charge < -0.3 is 10.4 Å². The van der Waals surface area contributed by atoms with Gasteiger partial charge in [0.15, 0.2) is 0 Å². The van der Waals surface area contributed by atoms with Gasteiger partial charge in [-0.1, -0.05) is 18.2 Å². The molecule has 0 radical (unpaired) electrons. The highest BCUT2D eigenvalue weighted by atomic mass is 35.5. The van der Waals surface area contributed by atoms with Crippen molar-refractivity contribution in [3.05, 3.63) is 35.4 Å². The van der Waals surface area contributed by atoms with E-state index in [1.807, 2.05) is 0 Å². The molecule has 0 unspecified atom stereocenters. The van der Waals surface area contributed by atoms with Gasteiger partial charge in [-0.2, -0.15) is 13.2 Å². The van der Waals surface area contributed by atoms with E-state index in [2.05, 4.69) is 5.32 Å². The average molecular weight is 296 g/mol. The average Bonchev–Trinajstić information content (AvgIpc) is 2.77. The van der Waals surface area contributed by atoms with Crippen LogP contribution < -0.4 is 5.32 Å². The molecule has 1 aliphatic rings. The number of aliphatic carboxylic acids is 1. The standard InChI is InChI=1S/C12H12F3NO2.ClH/c13-12(14,15)8-3-1-2-7(4-8)9-5-16-6-10(9)11(17)18;/h1-4,9-10,16H,5-6H2,(H,17,18);1H/t9-,10+;/m0./s1. The summed E-state index contributed by atoms with van der Waals surface area (Å²) in [6.45, 7) is 0.675. The molecule has 1 fully saturated rings. The predicted octanol–water partition coefficient (Wildman–Crippen LogP) is 2.51. The number of carboxylic acid groups (broad SMARTS) is 1. The van der Waals surface area contributed by atoms with Crippen molar-refractivity contribution >= 4 is 18.4 Å². The second kappa shape index (κ2) is 5.79. The van der Waals surface area contributed by atoms with Crippen LogP contribution in [0.3, 0.4) is 0 Å². The van der Waals surface area contributed by atoms with Crippen molar-refractivity contribution in [2.45, 2.75) is 12.1 Å². The fraction of sp³-hybridized carbons (Fsp3) is 0.417.